The van der Waals surface area contributed by atoms with Crippen molar-refractivity contribution in [3.63, 3.8) is 0 Å². The van der Waals surface area contributed by atoms with Crippen LogP contribution in [0.1, 0.15) is 86.0 Å². The molecule has 1 unspecified atom stereocenters. The zero-order valence-corrected chi connectivity index (χ0v) is 47.2. The van der Waals surface area contributed by atoms with Gasteiger partial charge in [0.05, 0.1) is 0 Å². The lowest BCUT2D eigenvalue weighted by Crippen LogP contribution is -2.61. The third-order valence-electron chi connectivity index (χ3n) is 17.5. The number of rotatable bonds is 8. The highest BCUT2D eigenvalue weighted by molar-refractivity contribution is 7.00. The van der Waals surface area contributed by atoms with E-state index >= 15 is 0 Å². The number of aryl methyl sites for hydroxylation is 1. The summed E-state index contributed by atoms with van der Waals surface area (Å²) in [6.45, 7) is 13.2. The molecule has 2 aliphatic heterocycles. The Bertz CT molecular complexity index is 4260. The quantitative estimate of drug-likeness (QED) is 0.140. The summed E-state index contributed by atoms with van der Waals surface area (Å²) >= 11 is 0. The van der Waals surface area contributed by atoms with E-state index in [0.717, 1.165) is 89.8 Å². The van der Waals surface area contributed by atoms with Gasteiger partial charge in [-0.25, -0.2) is 0 Å². The molecule has 0 N–H and O–H groups in total. The van der Waals surface area contributed by atoms with Crippen molar-refractivity contribution in [2.45, 2.75) is 71.6 Å². The summed E-state index contributed by atoms with van der Waals surface area (Å²) in [6.07, 6.45) is 0. The number of hydrogen-bond donors (Lipinski definition) is 0. The van der Waals surface area contributed by atoms with Crippen LogP contribution in [0.15, 0.2) is 255 Å². The Balaban J connectivity index is 1.06. The van der Waals surface area contributed by atoms with Gasteiger partial charge in [-0.15, -0.1) is 0 Å². The SMILES string of the molecule is [2H]C([2H])([2H])c1cc2c3c(c1)N(c1ccc4c(c1)C(C)(c1ccccc1)c1ccccc1-4)c1cc(N(c4ccc(C(C)(C)C)cc4)c4ccc(C(C)(C)C)cc4)ccc1B3c1cc(-c3ccccc3)ccc1N2c1ccc(-c2ccccc2)cc1. The molecule has 1 atom stereocenters. The van der Waals surface area contributed by atoms with Crippen LogP contribution in [0, 0.1) is 6.85 Å². The van der Waals surface area contributed by atoms with E-state index in [0.29, 0.717) is 0 Å². The lowest BCUT2D eigenvalue weighted by atomic mass is 9.33. The summed E-state index contributed by atoms with van der Waals surface area (Å²) in [4.78, 5) is 7.09. The smallest absolute Gasteiger partial charge is 0.252 e. The summed E-state index contributed by atoms with van der Waals surface area (Å²) in [6, 6.07) is 92.4. The maximum atomic E-state index is 9.31. The zero-order chi connectivity index (χ0) is 57.9. The van der Waals surface area contributed by atoms with Crippen molar-refractivity contribution in [2.75, 3.05) is 14.7 Å². The van der Waals surface area contributed by atoms with Crippen LogP contribution in [0.25, 0.3) is 33.4 Å². The first kappa shape index (κ1) is 46.8. The predicted molar refractivity (Wildman–Crippen MR) is 346 cm³/mol. The zero-order valence-electron chi connectivity index (χ0n) is 50.2. The van der Waals surface area contributed by atoms with Crippen LogP contribution in [-0.4, -0.2) is 6.71 Å². The highest BCUT2D eigenvalue weighted by atomic mass is 15.2. The largest absolute Gasteiger partial charge is 0.311 e. The van der Waals surface area contributed by atoms with Gasteiger partial charge in [-0.05, 0) is 187 Å². The standard InChI is InChI=1S/C77H66BN3/c1-51-46-72-74-73(47-51)81(62-41-43-65-64-26-18-19-27-66(64)77(8,67(65)49-62)58-24-16-11-17-25-58)71-50-63(79(59-37-31-56(32-38-59)75(2,3)4)60-39-33-57(34-40-60)76(5,6)7)42-44-68(71)78(74)69-48-55(53-22-14-10-15-23-53)30-45-70(69)80(72)61-35-28-54(29-36-61)52-20-12-9-13-21-52/h9-50H,1-8H3/i1D3. The topological polar surface area (TPSA) is 9.72 Å². The fourth-order valence-electron chi connectivity index (χ4n) is 13.3. The van der Waals surface area contributed by atoms with E-state index in [2.05, 4.69) is 300 Å². The lowest BCUT2D eigenvalue weighted by Gasteiger charge is -2.45. The van der Waals surface area contributed by atoms with E-state index < -0.39 is 12.3 Å². The lowest BCUT2D eigenvalue weighted by molar-refractivity contribution is 0.590. The normalized spacial score (nSPS) is 15.6. The molecule has 2 heterocycles. The van der Waals surface area contributed by atoms with Gasteiger partial charge in [0, 0.05) is 60.7 Å². The number of fused-ring (bicyclic) bond motifs is 7. The first-order chi connectivity index (χ1) is 40.4. The maximum absolute atomic E-state index is 9.31. The van der Waals surface area contributed by atoms with Gasteiger partial charge >= 0.3 is 0 Å². The Morgan fingerprint density at radius 2 is 0.901 bits per heavy atom. The molecule has 0 aromatic heterocycles. The van der Waals surface area contributed by atoms with Crippen molar-refractivity contribution in [1.82, 2.24) is 0 Å². The van der Waals surface area contributed by atoms with E-state index in [1.807, 2.05) is 18.2 Å². The van der Waals surface area contributed by atoms with Crippen molar-refractivity contribution in [3.05, 3.63) is 288 Å². The molecule has 0 fully saturated rings. The third-order valence-corrected chi connectivity index (χ3v) is 17.5. The Morgan fingerprint density at radius 3 is 1.51 bits per heavy atom. The number of benzene rings is 11. The summed E-state index contributed by atoms with van der Waals surface area (Å²) < 4.78 is 27.9. The van der Waals surface area contributed by atoms with Gasteiger partial charge in [0.15, 0.2) is 0 Å². The molecular formula is C77H66BN3. The van der Waals surface area contributed by atoms with E-state index in [9.17, 15) is 4.11 Å². The molecule has 0 amide bonds. The highest BCUT2D eigenvalue weighted by Crippen LogP contribution is 2.55. The fraction of sp³-hybridized carbons (Fsp3) is 0.143. The number of anilines is 9. The van der Waals surface area contributed by atoms with Crippen LogP contribution in [0.3, 0.4) is 0 Å². The van der Waals surface area contributed by atoms with E-state index in [-0.39, 0.29) is 23.1 Å². The van der Waals surface area contributed by atoms with Gasteiger partial charge in [0.1, 0.15) is 0 Å². The van der Waals surface area contributed by atoms with Crippen LogP contribution in [0.5, 0.6) is 0 Å². The molecule has 0 saturated heterocycles. The van der Waals surface area contributed by atoms with Crippen LogP contribution >= 0.6 is 0 Å². The highest BCUT2D eigenvalue weighted by Gasteiger charge is 2.46. The average molecular weight is 1050 g/mol. The molecule has 11 aromatic carbocycles. The Hall–Kier alpha value is -9.12. The van der Waals surface area contributed by atoms with Crippen molar-refractivity contribution in [1.29, 1.82) is 0 Å². The maximum Gasteiger partial charge on any atom is 0.252 e. The molecular weight excluding hydrogens is 978 g/mol. The summed E-state index contributed by atoms with van der Waals surface area (Å²) in [5.41, 5.74) is 24.7. The summed E-state index contributed by atoms with van der Waals surface area (Å²) in [7, 11) is 0. The van der Waals surface area contributed by atoms with Crippen LogP contribution in [0.4, 0.5) is 51.2 Å². The molecule has 3 aliphatic rings. The van der Waals surface area contributed by atoms with Gasteiger partial charge in [-0.1, -0.05) is 217 Å². The van der Waals surface area contributed by atoms with Gasteiger partial charge in [-0.3, -0.25) is 0 Å². The van der Waals surface area contributed by atoms with Crippen molar-refractivity contribution < 1.29 is 4.11 Å². The molecule has 81 heavy (non-hydrogen) atoms. The van der Waals surface area contributed by atoms with Crippen molar-refractivity contribution in [2.24, 2.45) is 0 Å². The summed E-state index contributed by atoms with van der Waals surface area (Å²) in [5, 5.41) is 0. The second kappa shape index (κ2) is 19.0. The Kier molecular flexibility index (Phi) is 11.0. The molecule has 3 nitrogen and oxygen atoms in total. The average Bonchev–Trinajstić information content (AvgIpc) is 1.54. The fourth-order valence-corrected chi connectivity index (χ4v) is 13.3. The van der Waals surface area contributed by atoms with E-state index in [4.69, 9.17) is 0 Å². The minimum atomic E-state index is -2.45. The minimum Gasteiger partial charge on any atom is -0.311 e. The molecule has 11 aromatic rings. The predicted octanol–water partition coefficient (Wildman–Crippen LogP) is 18.8. The first-order valence-corrected chi connectivity index (χ1v) is 28.5. The molecule has 1 aliphatic carbocycles. The van der Waals surface area contributed by atoms with Gasteiger partial charge in [0.25, 0.3) is 6.71 Å². The van der Waals surface area contributed by atoms with Crippen molar-refractivity contribution >= 4 is 74.3 Å². The van der Waals surface area contributed by atoms with E-state index in [1.165, 1.54) is 38.9 Å². The van der Waals surface area contributed by atoms with Gasteiger partial charge in [-0.2, -0.15) is 0 Å². The number of hydrogen-bond acceptors (Lipinski definition) is 3. The van der Waals surface area contributed by atoms with E-state index in [1.54, 1.807) is 0 Å². The molecule has 0 radical (unpaired) electrons. The molecule has 14 rings (SSSR count). The number of nitrogens with zero attached hydrogens (tertiary/aromatic N) is 3. The Morgan fingerprint density at radius 1 is 0.395 bits per heavy atom. The van der Waals surface area contributed by atoms with Gasteiger partial charge < -0.3 is 14.7 Å². The molecule has 0 spiro atoms. The molecule has 392 valence electrons. The second-order valence-corrected chi connectivity index (χ2v) is 24.5. The third kappa shape index (κ3) is 8.34. The van der Waals surface area contributed by atoms with Crippen molar-refractivity contribution in [3.8, 4) is 33.4 Å². The minimum absolute atomic E-state index is 0.0322. The molecule has 0 saturated carbocycles. The molecule has 4 heteroatoms. The van der Waals surface area contributed by atoms with Crippen LogP contribution in [0.2, 0.25) is 0 Å². The monoisotopic (exact) mass is 1050 g/mol. The van der Waals surface area contributed by atoms with Gasteiger partial charge in [0.2, 0.25) is 0 Å². The van der Waals surface area contributed by atoms with Crippen LogP contribution < -0.4 is 31.1 Å². The summed E-state index contributed by atoms with van der Waals surface area (Å²) in [5.74, 6) is 0. The van der Waals surface area contributed by atoms with Crippen LogP contribution in [-0.2, 0) is 16.2 Å². The first-order valence-electron chi connectivity index (χ1n) is 30.0. The molecule has 0 bridgehead atoms. The second-order valence-electron chi connectivity index (χ2n) is 24.5. The Labute approximate surface area is 483 Å².